The van der Waals surface area contributed by atoms with Crippen LogP contribution in [0.1, 0.15) is 42.9 Å². The molecule has 1 aliphatic heterocycles. The highest BCUT2D eigenvalue weighted by Crippen LogP contribution is 2.38. The lowest BCUT2D eigenvalue weighted by molar-refractivity contribution is -0.137. The van der Waals surface area contributed by atoms with Gasteiger partial charge in [0.25, 0.3) is 5.91 Å². The number of allylic oxidation sites excluding steroid dienone is 1. The van der Waals surface area contributed by atoms with Crippen LogP contribution in [-0.2, 0) is 14.4 Å². The van der Waals surface area contributed by atoms with Gasteiger partial charge in [-0.05, 0) is 42.2 Å². The molecule has 0 spiro atoms. The zero-order valence-corrected chi connectivity index (χ0v) is 18.4. The van der Waals surface area contributed by atoms with Crippen LogP contribution in [0.15, 0.2) is 72.0 Å². The molecule has 0 radical (unpaired) electrons. The Morgan fingerprint density at radius 2 is 1.73 bits per heavy atom. The topological polar surface area (TPSA) is 104 Å². The van der Waals surface area contributed by atoms with Crippen molar-refractivity contribution in [2.75, 3.05) is 13.7 Å². The number of carbonyl (C=O) groups excluding carboxylic acids is 2. The summed E-state index contributed by atoms with van der Waals surface area (Å²) in [6.45, 7) is 0.290. The molecule has 7 nitrogen and oxygen atoms in total. The Morgan fingerprint density at radius 3 is 2.36 bits per heavy atom. The van der Waals surface area contributed by atoms with Gasteiger partial charge in [-0.15, -0.1) is 0 Å². The number of hydrogen-bond donors (Lipinski definition) is 2. The molecule has 0 bridgehead atoms. The van der Waals surface area contributed by atoms with Crippen molar-refractivity contribution in [2.45, 2.75) is 31.7 Å². The normalized spacial score (nSPS) is 16.0. The predicted octanol–water partition coefficient (Wildman–Crippen LogP) is 4.32. The van der Waals surface area contributed by atoms with E-state index in [1.165, 1.54) is 11.0 Å². The van der Waals surface area contributed by atoms with Gasteiger partial charge in [0.2, 0.25) is 0 Å². The fraction of sp³-hybridized carbons (Fsp3) is 0.269. The molecule has 0 fully saturated rings. The Bertz CT molecular complexity index is 1060. The van der Waals surface area contributed by atoms with Crippen LogP contribution in [0.4, 0.5) is 0 Å². The number of ether oxygens (including phenoxy) is 1. The van der Waals surface area contributed by atoms with Gasteiger partial charge >= 0.3 is 5.97 Å². The van der Waals surface area contributed by atoms with Crippen LogP contribution in [0.2, 0.25) is 0 Å². The van der Waals surface area contributed by atoms with E-state index in [4.69, 9.17) is 9.84 Å². The largest absolute Gasteiger partial charge is 0.503 e. The Labute approximate surface area is 192 Å². The minimum absolute atomic E-state index is 0.0304. The third kappa shape index (κ3) is 5.88. The van der Waals surface area contributed by atoms with E-state index in [-0.39, 0.29) is 12.0 Å². The number of benzene rings is 2. The maximum absolute atomic E-state index is 13.1. The Morgan fingerprint density at radius 1 is 1.03 bits per heavy atom. The maximum atomic E-state index is 13.1. The van der Waals surface area contributed by atoms with E-state index >= 15 is 0 Å². The minimum atomic E-state index is -0.860. The van der Waals surface area contributed by atoms with E-state index in [2.05, 4.69) is 0 Å². The number of hydrogen-bond acceptors (Lipinski definition) is 5. The number of carbonyl (C=O) groups is 3. The number of ketones is 1. The lowest BCUT2D eigenvalue weighted by atomic mass is 9.95. The first kappa shape index (κ1) is 23.8. The van der Waals surface area contributed by atoms with Crippen molar-refractivity contribution in [3.05, 3.63) is 83.1 Å². The van der Waals surface area contributed by atoms with Crippen LogP contribution >= 0.6 is 0 Å². The summed E-state index contributed by atoms with van der Waals surface area (Å²) in [5, 5.41) is 19.4. The molecule has 172 valence electrons. The van der Waals surface area contributed by atoms with Gasteiger partial charge in [0, 0.05) is 13.0 Å². The molecule has 7 heteroatoms. The third-order valence-corrected chi connectivity index (χ3v) is 5.52. The minimum Gasteiger partial charge on any atom is -0.503 e. The number of rotatable bonds is 11. The first-order valence-electron chi connectivity index (χ1n) is 10.8. The van der Waals surface area contributed by atoms with Crippen molar-refractivity contribution in [3.63, 3.8) is 0 Å². The second-order valence-electron chi connectivity index (χ2n) is 7.75. The van der Waals surface area contributed by atoms with Crippen molar-refractivity contribution in [1.29, 1.82) is 0 Å². The van der Waals surface area contributed by atoms with Crippen LogP contribution < -0.4 is 4.74 Å². The molecular weight excluding hydrogens is 422 g/mol. The van der Waals surface area contributed by atoms with Crippen LogP contribution in [0, 0.1) is 0 Å². The monoisotopic (exact) mass is 449 g/mol. The zero-order valence-electron chi connectivity index (χ0n) is 18.4. The van der Waals surface area contributed by atoms with Crippen LogP contribution in [0.25, 0.3) is 6.08 Å². The molecule has 1 heterocycles. The summed E-state index contributed by atoms with van der Waals surface area (Å²) in [6, 6.07) is 15.5. The summed E-state index contributed by atoms with van der Waals surface area (Å²) >= 11 is 0. The second-order valence-corrected chi connectivity index (χ2v) is 7.75. The van der Waals surface area contributed by atoms with E-state index in [1.807, 2.05) is 30.3 Å². The lowest BCUT2D eigenvalue weighted by Crippen LogP contribution is -2.32. The summed E-state index contributed by atoms with van der Waals surface area (Å²) < 4.78 is 5.21. The summed E-state index contributed by atoms with van der Waals surface area (Å²) in [7, 11) is 1.55. The van der Waals surface area contributed by atoms with Crippen LogP contribution in [0.5, 0.6) is 5.75 Å². The lowest BCUT2D eigenvalue weighted by Gasteiger charge is -2.26. The molecule has 3 rings (SSSR count). The number of nitrogens with zero attached hydrogens (tertiary/aromatic N) is 1. The smallest absolute Gasteiger partial charge is 0.303 e. The number of aliphatic hydroxyl groups is 1. The molecule has 0 aromatic heterocycles. The number of carboxylic acid groups (broad SMARTS) is 1. The summed E-state index contributed by atoms with van der Waals surface area (Å²) in [6.07, 6.45) is 4.74. The van der Waals surface area contributed by atoms with Crippen LogP contribution in [-0.4, -0.2) is 46.4 Å². The van der Waals surface area contributed by atoms with Crippen molar-refractivity contribution < 1.29 is 29.3 Å². The third-order valence-electron chi connectivity index (χ3n) is 5.52. The highest BCUT2D eigenvalue weighted by atomic mass is 16.5. The number of carboxylic acids is 1. The number of aliphatic hydroxyl groups excluding tert-OH is 1. The summed E-state index contributed by atoms with van der Waals surface area (Å²) in [5.74, 6) is -1.83. The molecule has 0 unspecified atom stereocenters. The predicted molar refractivity (Wildman–Crippen MR) is 124 cm³/mol. The Kier molecular flexibility index (Phi) is 8.02. The molecule has 33 heavy (non-hydrogen) atoms. The van der Waals surface area contributed by atoms with Crippen molar-refractivity contribution in [3.8, 4) is 5.75 Å². The van der Waals surface area contributed by atoms with Crippen molar-refractivity contribution in [2.24, 2.45) is 0 Å². The van der Waals surface area contributed by atoms with Crippen molar-refractivity contribution >= 4 is 23.7 Å². The fourth-order valence-corrected chi connectivity index (χ4v) is 3.83. The summed E-state index contributed by atoms with van der Waals surface area (Å²) in [5.41, 5.74) is 1.53. The van der Waals surface area contributed by atoms with Gasteiger partial charge in [-0.1, -0.05) is 55.0 Å². The van der Waals surface area contributed by atoms with E-state index in [9.17, 15) is 19.5 Å². The molecule has 0 aliphatic carbocycles. The zero-order chi connectivity index (χ0) is 23.8. The SMILES string of the molecule is COc1ccc([C@H]2C(C(=O)/C=C/c3ccccc3)=C(O)C(=O)N2CCCCCC(=O)O)cc1. The van der Waals surface area contributed by atoms with Gasteiger partial charge in [-0.25, -0.2) is 0 Å². The Balaban J connectivity index is 1.86. The molecule has 2 aromatic carbocycles. The second kappa shape index (κ2) is 11.1. The van der Waals surface area contributed by atoms with Crippen molar-refractivity contribution in [1.82, 2.24) is 4.90 Å². The van der Waals surface area contributed by atoms with E-state index in [1.54, 1.807) is 37.5 Å². The molecule has 1 aliphatic rings. The van der Waals surface area contributed by atoms with Crippen LogP contribution in [0.3, 0.4) is 0 Å². The average molecular weight is 450 g/mol. The highest BCUT2D eigenvalue weighted by Gasteiger charge is 2.42. The quantitative estimate of drug-likeness (QED) is 0.391. The first-order chi connectivity index (χ1) is 15.9. The van der Waals surface area contributed by atoms with E-state index in [0.717, 1.165) is 5.56 Å². The molecule has 1 amide bonds. The molecule has 1 atom stereocenters. The van der Waals surface area contributed by atoms with E-state index in [0.29, 0.717) is 37.1 Å². The van der Waals surface area contributed by atoms with Gasteiger partial charge in [-0.3, -0.25) is 14.4 Å². The number of amides is 1. The summed E-state index contributed by atoms with van der Waals surface area (Å²) in [4.78, 5) is 38.2. The van der Waals surface area contributed by atoms with Gasteiger partial charge in [0.1, 0.15) is 5.75 Å². The van der Waals surface area contributed by atoms with Gasteiger partial charge in [-0.2, -0.15) is 0 Å². The molecule has 2 aromatic rings. The first-order valence-corrected chi connectivity index (χ1v) is 10.8. The number of methoxy groups -OCH3 is 1. The average Bonchev–Trinajstić information content (AvgIpc) is 3.08. The highest BCUT2D eigenvalue weighted by molar-refractivity contribution is 6.14. The maximum Gasteiger partial charge on any atom is 0.303 e. The number of aliphatic carboxylic acids is 1. The standard InChI is InChI=1S/C26H27NO6/c1-33-20-14-12-19(13-15-20)24-23(21(28)16-11-18-8-4-2-5-9-18)25(31)26(32)27(24)17-7-3-6-10-22(29)30/h2,4-5,8-9,11-16,24,31H,3,6-7,10,17H2,1H3,(H,29,30)/b16-11+/t24-/m0/s1. The molecule has 2 N–H and O–H groups in total. The molecule has 0 saturated heterocycles. The Hall–Kier alpha value is -3.87. The van der Waals surface area contributed by atoms with Gasteiger partial charge < -0.3 is 19.8 Å². The van der Waals surface area contributed by atoms with Gasteiger partial charge in [0.15, 0.2) is 11.5 Å². The number of unbranched alkanes of at least 4 members (excludes halogenated alkanes) is 2. The fourth-order valence-electron chi connectivity index (χ4n) is 3.83. The molecular formula is C26H27NO6. The molecule has 0 saturated carbocycles. The van der Waals surface area contributed by atoms with Gasteiger partial charge in [0.05, 0.1) is 18.7 Å². The van der Waals surface area contributed by atoms with E-state index < -0.39 is 29.5 Å².